The zero-order valence-corrected chi connectivity index (χ0v) is 26.9. The Kier molecular flexibility index (Phi) is 22.0. The molecule has 236 valence electrons. The van der Waals surface area contributed by atoms with E-state index >= 15 is 0 Å². The molecule has 0 saturated heterocycles. The summed E-state index contributed by atoms with van der Waals surface area (Å²) in [5, 5.41) is 12.1. The van der Waals surface area contributed by atoms with E-state index in [1.165, 1.54) is 109 Å². The number of aromatic nitrogens is 1. The molecule has 2 N–H and O–H groups in total. The Morgan fingerprint density at radius 1 is 0.732 bits per heavy atom. The van der Waals surface area contributed by atoms with Crippen molar-refractivity contribution in [3.05, 3.63) is 24.5 Å². The number of hydrogen-bond donors (Lipinski definition) is 2. The van der Waals surface area contributed by atoms with Crippen molar-refractivity contribution in [1.82, 2.24) is 10.3 Å². The van der Waals surface area contributed by atoms with Crippen molar-refractivity contribution in [2.75, 3.05) is 51.7 Å². The van der Waals surface area contributed by atoms with Gasteiger partial charge in [-0.25, -0.2) is 0 Å². The van der Waals surface area contributed by atoms with Gasteiger partial charge < -0.3 is 19.8 Å². The summed E-state index contributed by atoms with van der Waals surface area (Å²) in [5.41, 5.74) is 0.891. The Balaban J connectivity index is 2.01. The lowest BCUT2D eigenvalue weighted by molar-refractivity contribution is -0.890. The van der Waals surface area contributed by atoms with Crippen molar-refractivity contribution < 1.29 is 19.2 Å². The number of carbonyl (C=O) groups is 2. The molecule has 7 nitrogen and oxygen atoms in total. The summed E-state index contributed by atoms with van der Waals surface area (Å²) >= 11 is 0. The number of amides is 1. The average molecular weight is 576 g/mol. The lowest BCUT2D eigenvalue weighted by Crippen LogP contribution is -2.42. The van der Waals surface area contributed by atoms with Crippen LogP contribution in [-0.2, 0) is 9.59 Å². The number of unbranched alkanes of at least 4 members (excludes halogenated alkanes) is 15. The maximum atomic E-state index is 12.4. The summed E-state index contributed by atoms with van der Waals surface area (Å²) in [6, 6.07) is 3.69. The van der Waals surface area contributed by atoms with Gasteiger partial charge in [-0.05, 0) is 25.0 Å². The van der Waals surface area contributed by atoms with Gasteiger partial charge in [-0.15, -0.1) is 0 Å². The Morgan fingerprint density at radius 3 is 1.71 bits per heavy atom. The fraction of sp³-hybridized carbons (Fsp3) is 0.794. The molecule has 1 aromatic heterocycles. The molecule has 41 heavy (non-hydrogen) atoms. The van der Waals surface area contributed by atoms with Crippen molar-refractivity contribution in [3.8, 4) is 0 Å². The largest absolute Gasteiger partial charge is 0.481 e. The highest BCUT2D eigenvalue weighted by molar-refractivity contribution is 5.76. The van der Waals surface area contributed by atoms with Gasteiger partial charge in [0.2, 0.25) is 5.91 Å². The van der Waals surface area contributed by atoms with Crippen LogP contribution in [0.3, 0.4) is 0 Å². The van der Waals surface area contributed by atoms with Crippen molar-refractivity contribution in [3.63, 3.8) is 0 Å². The van der Waals surface area contributed by atoms with E-state index in [9.17, 15) is 9.59 Å². The highest BCUT2D eigenvalue weighted by Gasteiger charge is 2.15. The van der Waals surface area contributed by atoms with E-state index in [4.69, 9.17) is 5.11 Å². The molecule has 0 radical (unpaired) electrons. The van der Waals surface area contributed by atoms with Gasteiger partial charge in [0.1, 0.15) is 0 Å². The molecule has 0 bridgehead atoms. The number of carbonyl (C=O) groups excluding carboxylic acids is 1. The van der Waals surface area contributed by atoms with E-state index in [0.29, 0.717) is 26.1 Å². The second-order valence-corrected chi connectivity index (χ2v) is 12.5. The average Bonchev–Trinajstić information content (AvgIpc) is 2.95. The first-order valence-electron chi connectivity index (χ1n) is 16.8. The Morgan fingerprint density at radius 2 is 1.20 bits per heavy atom. The lowest BCUT2D eigenvalue weighted by atomic mass is 10.0. The predicted octanol–water partition coefficient (Wildman–Crippen LogP) is 7.60. The molecule has 1 aromatic rings. The summed E-state index contributed by atoms with van der Waals surface area (Å²) in [5.74, 6) is -0.823. The van der Waals surface area contributed by atoms with E-state index in [1.807, 2.05) is 17.0 Å². The minimum absolute atomic E-state index is 0.0162. The standard InChI is InChI=1S/C34H62N4O3/c1-4-5-6-7-8-9-10-11-12-13-14-15-16-17-18-19-30-38(2,3)31-20-25-36-33(39)23-28-37(29-24-34(40)41)32-21-26-35-27-22-32/h21-22,26-27H,4-20,23-25,28-31H2,1-3H3,(H-,36,39,40,41)/p+1. The molecule has 0 spiro atoms. The lowest BCUT2D eigenvalue weighted by Gasteiger charge is -2.30. The van der Waals surface area contributed by atoms with Crippen molar-refractivity contribution in [1.29, 1.82) is 0 Å². The molecule has 0 aliphatic rings. The van der Waals surface area contributed by atoms with Gasteiger partial charge in [0.15, 0.2) is 0 Å². The first-order valence-corrected chi connectivity index (χ1v) is 16.8. The monoisotopic (exact) mass is 575 g/mol. The summed E-state index contributed by atoms with van der Waals surface area (Å²) in [7, 11) is 4.59. The Hall–Kier alpha value is -2.15. The van der Waals surface area contributed by atoms with E-state index < -0.39 is 5.97 Å². The molecule has 0 aliphatic carbocycles. The van der Waals surface area contributed by atoms with Crippen LogP contribution in [0, 0.1) is 0 Å². The molecule has 1 amide bonds. The van der Waals surface area contributed by atoms with Crippen molar-refractivity contribution >= 4 is 17.6 Å². The molecular formula is C34H63N4O3+. The number of carboxylic acid groups (broad SMARTS) is 1. The third-order valence-electron chi connectivity index (χ3n) is 8.11. The van der Waals surface area contributed by atoms with E-state index in [-0.39, 0.29) is 12.3 Å². The highest BCUT2D eigenvalue weighted by atomic mass is 16.4. The third-order valence-corrected chi connectivity index (χ3v) is 8.11. The van der Waals surface area contributed by atoms with Gasteiger partial charge in [-0.1, -0.05) is 96.8 Å². The maximum Gasteiger partial charge on any atom is 0.305 e. The zero-order chi connectivity index (χ0) is 30.0. The van der Waals surface area contributed by atoms with Gasteiger partial charge >= 0.3 is 5.97 Å². The minimum Gasteiger partial charge on any atom is -0.481 e. The second kappa shape index (κ2) is 24.4. The zero-order valence-electron chi connectivity index (χ0n) is 26.9. The number of anilines is 1. The number of carboxylic acids is 1. The van der Waals surface area contributed by atoms with Crippen LogP contribution in [0.4, 0.5) is 5.69 Å². The topological polar surface area (TPSA) is 82.5 Å². The van der Waals surface area contributed by atoms with Crippen LogP contribution in [-0.4, -0.2) is 73.3 Å². The molecule has 7 heteroatoms. The van der Waals surface area contributed by atoms with Gasteiger partial charge in [-0.3, -0.25) is 14.6 Å². The van der Waals surface area contributed by atoms with Crippen LogP contribution in [0.2, 0.25) is 0 Å². The smallest absolute Gasteiger partial charge is 0.305 e. The van der Waals surface area contributed by atoms with Gasteiger partial charge in [0, 0.05) is 50.6 Å². The Labute approximate surface area is 252 Å². The molecular weight excluding hydrogens is 512 g/mol. The first kappa shape index (κ1) is 36.9. The van der Waals surface area contributed by atoms with Crippen LogP contribution in [0.25, 0.3) is 0 Å². The van der Waals surface area contributed by atoms with Crippen molar-refractivity contribution in [2.45, 2.75) is 129 Å². The predicted molar refractivity (Wildman–Crippen MR) is 172 cm³/mol. The molecule has 0 atom stereocenters. The summed E-state index contributed by atoms with van der Waals surface area (Å²) in [6.45, 7) is 6.08. The third kappa shape index (κ3) is 22.2. The quantitative estimate of drug-likeness (QED) is 0.0794. The van der Waals surface area contributed by atoms with Gasteiger partial charge in [0.25, 0.3) is 0 Å². The van der Waals surface area contributed by atoms with Crippen LogP contribution < -0.4 is 10.2 Å². The first-order chi connectivity index (χ1) is 19.8. The van der Waals surface area contributed by atoms with Crippen LogP contribution in [0.15, 0.2) is 24.5 Å². The number of nitrogens with zero attached hydrogens (tertiary/aromatic N) is 3. The maximum absolute atomic E-state index is 12.4. The van der Waals surface area contributed by atoms with Crippen LogP contribution >= 0.6 is 0 Å². The second-order valence-electron chi connectivity index (χ2n) is 12.5. The SMILES string of the molecule is CCCCCCCCCCCCCCCCCC[N+](C)(C)CCCNC(=O)CCN(CCC(=O)O)c1ccncc1. The minimum atomic E-state index is -0.839. The van der Waals surface area contributed by atoms with Gasteiger partial charge in [0.05, 0.1) is 33.6 Å². The molecule has 1 heterocycles. The number of rotatable bonds is 28. The summed E-state index contributed by atoms with van der Waals surface area (Å²) in [6.07, 6.45) is 27.1. The summed E-state index contributed by atoms with van der Waals surface area (Å²) in [4.78, 5) is 29.4. The fourth-order valence-electron chi connectivity index (χ4n) is 5.41. The fourth-order valence-corrected chi connectivity index (χ4v) is 5.41. The molecule has 0 aliphatic heterocycles. The molecule has 0 saturated carbocycles. The Bertz CT molecular complexity index is 772. The van der Waals surface area contributed by atoms with Crippen molar-refractivity contribution in [2.24, 2.45) is 0 Å². The molecule has 1 rings (SSSR count). The van der Waals surface area contributed by atoms with E-state index in [0.717, 1.165) is 23.1 Å². The number of quaternary nitrogens is 1. The number of pyridine rings is 1. The van der Waals surface area contributed by atoms with Crippen LogP contribution in [0.1, 0.15) is 129 Å². The van der Waals surface area contributed by atoms with E-state index in [2.05, 4.69) is 31.3 Å². The molecule has 0 fully saturated rings. The number of aliphatic carboxylic acids is 1. The van der Waals surface area contributed by atoms with Gasteiger partial charge in [-0.2, -0.15) is 0 Å². The van der Waals surface area contributed by atoms with Crippen LogP contribution in [0.5, 0.6) is 0 Å². The number of nitrogens with one attached hydrogen (secondary N) is 1. The van der Waals surface area contributed by atoms with E-state index in [1.54, 1.807) is 12.4 Å². The summed E-state index contributed by atoms with van der Waals surface area (Å²) < 4.78 is 0.999. The highest BCUT2D eigenvalue weighted by Crippen LogP contribution is 2.15. The molecule has 0 unspecified atom stereocenters. The normalized spacial score (nSPS) is 11.5. The molecule has 0 aromatic carbocycles. The number of hydrogen-bond acceptors (Lipinski definition) is 4.